The molecule has 0 radical (unpaired) electrons. The average Bonchev–Trinajstić information content (AvgIpc) is 3.07. The lowest BCUT2D eigenvalue weighted by molar-refractivity contribution is -0.140. The van der Waals surface area contributed by atoms with Crippen molar-refractivity contribution in [3.8, 4) is 5.75 Å². The van der Waals surface area contributed by atoms with Crippen LogP contribution in [0.4, 0.5) is 10.5 Å². The number of rotatable bonds is 5. The highest BCUT2D eigenvalue weighted by molar-refractivity contribution is 6.22. The summed E-state index contributed by atoms with van der Waals surface area (Å²) in [5.74, 6) is -0.00123. The van der Waals surface area contributed by atoms with Crippen LogP contribution in [0.3, 0.4) is 0 Å². The molecule has 8 nitrogen and oxygen atoms in total. The molecule has 2 atom stereocenters. The number of imide groups is 1. The van der Waals surface area contributed by atoms with Crippen molar-refractivity contribution < 1.29 is 23.9 Å². The Morgan fingerprint density at radius 1 is 1.13 bits per heavy atom. The molecule has 2 heterocycles. The predicted octanol–water partition coefficient (Wildman–Crippen LogP) is 2.11. The maximum Gasteiger partial charge on any atom is 0.329 e. The third kappa shape index (κ3) is 3.99. The molecule has 4 amide bonds. The number of carbonyl (C=O) groups excluding carboxylic acids is 3. The summed E-state index contributed by atoms with van der Waals surface area (Å²) in [6.07, 6.45) is -0.285. The molecular weight excluding hydrogens is 386 g/mol. The van der Waals surface area contributed by atoms with Gasteiger partial charge in [-0.15, -0.1) is 0 Å². The molecule has 2 aliphatic rings. The number of nitrogens with one attached hydrogen (secondary N) is 1. The predicted molar refractivity (Wildman–Crippen MR) is 109 cm³/mol. The van der Waals surface area contributed by atoms with Gasteiger partial charge in [0, 0.05) is 6.54 Å². The Labute approximate surface area is 174 Å². The monoisotopic (exact) mass is 409 g/mol. The van der Waals surface area contributed by atoms with Crippen LogP contribution in [-0.2, 0) is 14.3 Å². The molecule has 0 aliphatic carbocycles. The Kier molecular flexibility index (Phi) is 5.67. The van der Waals surface area contributed by atoms with Crippen molar-refractivity contribution in [1.29, 1.82) is 0 Å². The summed E-state index contributed by atoms with van der Waals surface area (Å²) in [7, 11) is 1.54. The number of benzene rings is 2. The number of urea groups is 1. The molecule has 0 bridgehead atoms. The number of hydrogen-bond donors (Lipinski definition) is 1. The molecular formula is C22H23N3O5. The first-order valence-corrected chi connectivity index (χ1v) is 9.79. The second-order valence-electron chi connectivity index (χ2n) is 7.19. The topological polar surface area (TPSA) is 88.2 Å². The van der Waals surface area contributed by atoms with E-state index in [1.165, 1.54) is 0 Å². The maximum atomic E-state index is 12.8. The number of amides is 4. The lowest BCUT2D eigenvalue weighted by Gasteiger charge is -2.33. The van der Waals surface area contributed by atoms with E-state index in [0.717, 1.165) is 10.5 Å². The minimum absolute atomic E-state index is 0.0846. The van der Waals surface area contributed by atoms with E-state index in [4.69, 9.17) is 9.47 Å². The van der Waals surface area contributed by atoms with E-state index in [0.29, 0.717) is 31.1 Å². The highest BCUT2D eigenvalue weighted by atomic mass is 16.5. The summed E-state index contributed by atoms with van der Waals surface area (Å²) in [6.45, 7) is 1.30. The number of hydrogen-bond acceptors (Lipinski definition) is 5. The van der Waals surface area contributed by atoms with E-state index >= 15 is 0 Å². The summed E-state index contributed by atoms with van der Waals surface area (Å²) < 4.78 is 10.9. The SMILES string of the molecule is COc1ccc(N2C(=O)N[C@@H](CC(=O)N3CCO[C@@H](c4ccccc4)C3)C2=O)cc1. The zero-order chi connectivity index (χ0) is 21.1. The fourth-order valence-electron chi connectivity index (χ4n) is 3.69. The molecule has 30 heavy (non-hydrogen) atoms. The second-order valence-corrected chi connectivity index (χ2v) is 7.19. The van der Waals surface area contributed by atoms with Crippen molar-refractivity contribution in [2.45, 2.75) is 18.6 Å². The summed E-state index contributed by atoms with van der Waals surface area (Å²) in [5.41, 5.74) is 1.44. The molecule has 0 spiro atoms. The first kappa shape index (κ1) is 19.9. The van der Waals surface area contributed by atoms with Crippen LogP contribution < -0.4 is 15.0 Å². The summed E-state index contributed by atoms with van der Waals surface area (Å²) in [6, 6.07) is 14.9. The van der Waals surface area contributed by atoms with Crippen LogP contribution in [0, 0.1) is 0 Å². The van der Waals surface area contributed by atoms with Crippen LogP contribution in [0.15, 0.2) is 54.6 Å². The van der Waals surface area contributed by atoms with Gasteiger partial charge in [0.15, 0.2) is 0 Å². The van der Waals surface area contributed by atoms with E-state index in [1.807, 2.05) is 30.3 Å². The van der Waals surface area contributed by atoms with E-state index < -0.39 is 18.0 Å². The summed E-state index contributed by atoms with van der Waals surface area (Å²) in [4.78, 5) is 40.7. The van der Waals surface area contributed by atoms with Crippen molar-refractivity contribution in [2.24, 2.45) is 0 Å². The number of methoxy groups -OCH3 is 1. The Balaban J connectivity index is 1.40. The van der Waals surface area contributed by atoms with E-state index in [9.17, 15) is 14.4 Å². The van der Waals surface area contributed by atoms with Gasteiger partial charge in [0.05, 0.1) is 32.4 Å². The average molecular weight is 409 g/mol. The molecule has 2 aromatic carbocycles. The fraction of sp³-hybridized carbons (Fsp3) is 0.318. The van der Waals surface area contributed by atoms with Crippen molar-refractivity contribution in [3.05, 3.63) is 60.2 Å². The Hall–Kier alpha value is -3.39. The van der Waals surface area contributed by atoms with Gasteiger partial charge in [-0.25, -0.2) is 9.69 Å². The fourth-order valence-corrected chi connectivity index (χ4v) is 3.69. The molecule has 4 rings (SSSR count). The van der Waals surface area contributed by atoms with Gasteiger partial charge in [-0.05, 0) is 29.8 Å². The number of nitrogens with zero attached hydrogens (tertiary/aromatic N) is 2. The van der Waals surface area contributed by atoms with Gasteiger partial charge in [-0.2, -0.15) is 0 Å². The second kappa shape index (κ2) is 8.54. The number of morpholine rings is 1. The lowest BCUT2D eigenvalue weighted by atomic mass is 10.1. The zero-order valence-electron chi connectivity index (χ0n) is 16.6. The molecule has 156 valence electrons. The van der Waals surface area contributed by atoms with Crippen LogP contribution in [0.2, 0.25) is 0 Å². The van der Waals surface area contributed by atoms with E-state index in [2.05, 4.69) is 5.32 Å². The van der Waals surface area contributed by atoms with Gasteiger partial charge < -0.3 is 19.7 Å². The third-order valence-corrected chi connectivity index (χ3v) is 5.32. The van der Waals surface area contributed by atoms with Crippen molar-refractivity contribution in [3.63, 3.8) is 0 Å². The molecule has 0 aromatic heterocycles. The molecule has 2 fully saturated rings. The van der Waals surface area contributed by atoms with Gasteiger partial charge in [0.2, 0.25) is 5.91 Å². The Bertz CT molecular complexity index is 932. The van der Waals surface area contributed by atoms with Gasteiger partial charge in [0.1, 0.15) is 17.9 Å². The van der Waals surface area contributed by atoms with Gasteiger partial charge >= 0.3 is 6.03 Å². The quantitative estimate of drug-likeness (QED) is 0.765. The largest absolute Gasteiger partial charge is 0.497 e. The minimum atomic E-state index is -0.884. The standard InChI is InChI=1S/C22H23N3O5/c1-29-17-9-7-16(8-10-17)25-21(27)18(23-22(25)28)13-20(26)24-11-12-30-19(14-24)15-5-3-2-4-6-15/h2-10,18-19H,11-14H2,1H3,(H,23,28)/t18-,19+/m0/s1. The Morgan fingerprint density at radius 3 is 2.57 bits per heavy atom. The molecule has 0 unspecified atom stereocenters. The van der Waals surface area contributed by atoms with Crippen LogP contribution in [0.1, 0.15) is 18.1 Å². The minimum Gasteiger partial charge on any atom is -0.497 e. The number of ether oxygens (including phenoxy) is 2. The van der Waals surface area contributed by atoms with Crippen LogP contribution in [-0.4, -0.2) is 55.6 Å². The van der Waals surface area contributed by atoms with Gasteiger partial charge in [-0.3, -0.25) is 9.59 Å². The molecule has 2 aromatic rings. The molecule has 2 saturated heterocycles. The highest BCUT2D eigenvalue weighted by Crippen LogP contribution is 2.25. The van der Waals surface area contributed by atoms with E-state index in [1.54, 1.807) is 36.3 Å². The van der Waals surface area contributed by atoms with Gasteiger partial charge in [-0.1, -0.05) is 30.3 Å². The molecule has 1 N–H and O–H groups in total. The van der Waals surface area contributed by atoms with Crippen molar-refractivity contribution in [2.75, 3.05) is 31.7 Å². The molecule has 8 heteroatoms. The number of anilines is 1. The van der Waals surface area contributed by atoms with Crippen LogP contribution >= 0.6 is 0 Å². The summed E-state index contributed by atoms with van der Waals surface area (Å²) in [5, 5.41) is 2.62. The van der Waals surface area contributed by atoms with Crippen LogP contribution in [0.5, 0.6) is 5.75 Å². The zero-order valence-corrected chi connectivity index (χ0v) is 16.6. The van der Waals surface area contributed by atoms with Crippen LogP contribution in [0.25, 0.3) is 0 Å². The molecule has 2 aliphatic heterocycles. The highest BCUT2D eigenvalue weighted by Gasteiger charge is 2.41. The lowest BCUT2D eigenvalue weighted by Crippen LogP contribution is -2.45. The van der Waals surface area contributed by atoms with Gasteiger partial charge in [0.25, 0.3) is 5.91 Å². The van der Waals surface area contributed by atoms with Crippen molar-refractivity contribution >= 4 is 23.5 Å². The van der Waals surface area contributed by atoms with E-state index in [-0.39, 0.29) is 18.4 Å². The normalized spacial score (nSPS) is 21.5. The first-order chi connectivity index (χ1) is 14.6. The molecule has 0 saturated carbocycles. The number of carbonyl (C=O) groups is 3. The Morgan fingerprint density at radius 2 is 1.87 bits per heavy atom. The summed E-state index contributed by atoms with van der Waals surface area (Å²) >= 11 is 0. The maximum absolute atomic E-state index is 12.8. The third-order valence-electron chi connectivity index (χ3n) is 5.32. The first-order valence-electron chi connectivity index (χ1n) is 9.79. The smallest absolute Gasteiger partial charge is 0.329 e. The van der Waals surface area contributed by atoms with Crippen molar-refractivity contribution in [1.82, 2.24) is 10.2 Å².